The van der Waals surface area contributed by atoms with Gasteiger partial charge in [-0.25, -0.2) is 0 Å². The number of aliphatic carboxylic acids is 1. The van der Waals surface area contributed by atoms with Gasteiger partial charge in [0.2, 0.25) is 0 Å². The molecular formula is C25H42O5. The fraction of sp³-hybridized carbons (Fsp3) is 0.800. The van der Waals surface area contributed by atoms with Crippen molar-refractivity contribution in [2.45, 2.75) is 116 Å². The molecule has 172 valence electrons. The van der Waals surface area contributed by atoms with Crippen molar-refractivity contribution in [1.29, 1.82) is 0 Å². The molecule has 2 fully saturated rings. The Labute approximate surface area is 182 Å². The van der Waals surface area contributed by atoms with E-state index in [9.17, 15) is 9.90 Å². The minimum atomic E-state index is -0.890. The van der Waals surface area contributed by atoms with E-state index in [-0.39, 0.29) is 18.6 Å². The molecule has 2 aliphatic rings. The van der Waals surface area contributed by atoms with Gasteiger partial charge in [0.25, 0.3) is 0 Å². The molecule has 1 aliphatic carbocycles. The first-order valence-electron chi connectivity index (χ1n) is 12.1. The second-order valence-electron chi connectivity index (χ2n) is 8.84. The van der Waals surface area contributed by atoms with Crippen molar-refractivity contribution < 1.29 is 24.5 Å². The van der Waals surface area contributed by atoms with Crippen LogP contribution in [-0.2, 0) is 14.3 Å². The van der Waals surface area contributed by atoms with E-state index in [4.69, 9.17) is 14.6 Å². The second kappa shape index (κ2) is 13.2. The second-order valence-corrected chi connectivity index (χ2v) is 8.84. The van der Waals surface area contributed by atoms with Crippen LogP contribution >= 0.6 is 0 Å². The summed E-state index contributed by atoms with van der Waals surface area (Å²) in [6, 6.07) is 0. The Morgan fingerprint density at radius 1 is 1.10 bits per heavy atom. The molecule has 1 saturated heterocycles. The minimum Gasteiger partial charge on any atom is -0.481 e. The van der Waals surface area contributed by atoms with E-state index >= 15 is 0 Å². The van der Waals surface area contributed by atoms with Crippen LogP contribution in [0.15, 0.2) is 23.5 Å². The lowest BCUT2D eigenvalue weighted by atomic mass is 9.80. The molecule has 1 saturated carbocycles. The number of hydrogen-bond donors (Lipinski definition) is 2. The normalized spacial score (nSPS) is 28.0. The zero-order valence-corrected chi connectivity index (χ0v) is 19.0. The monoisotopic (exact) mass is 422 g/mol. The maximum atomic E-state index is 11.6. The van der Waals surface area contributed by atoms with Crippen LogP contribution in [-0.4, -0.2) is 34.7 Å². The van der Waals surface area contributed by atoms with Crippen LogP contribution in [0.3, 0.4) is 0 Å². The van der Waals surface area contributed by atoms with Crippen LogP contribution in [0.25, 0.3) is 0 Å². The van der Waals surface area contributed by atoms with Gasteiger partial charge in [-0.2, -0.15) is 0 Å². The van der Waals surface area contributed by atoms with Gasteiger partial charge in [0, 0.05) is 25.2 Å². The number of unbranched alkanes of at least 4 members (excludes halogenated alkanes) is 3. The summed E-state index contributed by atoms with van der Waals surface area (Å²) in [5.41, 5.74) is 0.0837. The number of carboxylic acids is 1. The highest BCUT2D eigenvalue weighted by Crippen LogP contribution is 2.44. The zero-order chi connectivity index (χ0) is 21.8. The molecule has 5 nitrogen and oxygen atoms in total. The Kier molecular flexibility index (Phi) is 10.9. The Morgan fingerprint density at radius 2 is 1.93 bits per heavy atom. The van der Waals surface area contributed by atoms with Gasteiger partial charge in [0.15, 0.2) is 6.29 Å². The van der Waals surface area contributed by atoms with Crippen molar-refractivity contribution in [3.8, 4) is 0 Å². The van der Waals surface area contributed by atoms with Crippen LogP contribution in [0.2, 0.25) is 0 Å². The fourth-order valence-electron chi connectivity index (χ4n) is 4.78. The minimum absolute atomic E-state index is 0.0123. The van der Waals surface area contributed by atoms with Crippen LogP contribution in [0.4, 0.5) is 0 Å². The van der Waals surface area contributed by atoms with Crippen LogP contribution in [0.5, 0.6) is 0 Å². The molecular weight excluding hydrogens is 380 g/mol. The predicted molar refractivity (Wildman–Crippen MR) is 119 cm³/mol. The number of carboxylic acid groups (broad SMARTS) is 1. The summed E-state index contributed by atoms with van der Waals surface area (Å²) < 4.78 is 12.1. The summed E-state index contributed by atoms with van der Waals surface area (Å²) in [4.78, 5) is 10.9. The van der Waals surface area contributed by atoms with E-state index in [0.29, 0.717) is 12.8 Å². The fourth-order valence-corrected chi connectivity index (χ4v) is 4.78. The number of hydrogen-bond acceptors (Lipinski definition) is 4. The maximum Gasteiger partial charge on any atom is 0.303 e. The summed E-state index contributed by atoms with van der Waals surface area (Å²) in [7, 11) is 0. The molecule has 1 aliphatic heterocycles. The van der Waals surface area contributed by atoms with Gasteiger partial charge >= 0.3 is 5.97 Å². The molecule has 3 unspecified atom stereocenters. The van der Waals surface area contributed by atoms with Crippen LogP contribution in [0.1, 0.15) is 104 Å². The summed E-state index contributed by atoms with van der Waals surface area (Å²) >= 11 is 0. The first-order chi connectivity index (χ1) is 14.5. The highest BCUT2D eigenvalue weighted by atomic mass is 16.7. The molecule has 3 atom stereocenters. The van der Waals surface area contributed by atoms with E-state index in [1.54, 1.807) is 0 Å². The Hall–Kier alpha value is -1.33. The summed E-state index contributed by atoms with van der Waals surface area (Å²) in [5, 5.41) is 20.5. The lowest BCUT2D eigenvalue weighted by Gasteiger charge is -2.33. The number of aliphatic hydroxyl groups is 1. The van der Waals surface area contributed by atoms with Crippen molar-refractivity contribution in [1.82, 2.24) is 0 Å². The Balaban J connectivity index is 2.10. The maximum absolute atomic E-state index is 11.6. The predicted octanol–water partition coefficient (Wildman–Crippen LogP) is 6.12. The molecule has 0 aromatic carbocycles. The molecule has 0 spiro atoms. The molecule has 2 rings (SSSR count). The Bertz CT molecular complexity index is 576. The first-order valence-corrected chi connectivity index (χ1v) is 12.1. The average molecular weight is 423 g/mol. The molecule has 1 heterocycles. The average Bonchev–Trinajstić information content (AvgIpc) is 3.10. The van der Waals surface area contributed by atoms with Crippen LogP contribution in [0, 0.1) is 5.92 Å². The molecule has 0 amide bonds. The number of carbonyl (C=O) groups is 1. The Morgan fingerprint density at radius 3 is 2.60 bits per heavy atom. The lowest BCUT2D eigenvalue weighted by Crippen LogP contribution is -2.35. The van der Waals surface area contributed by atoms with Gasteiger partial charge in [0.05, 0.1) is 18.0 Å². The molecule has 30 heavy (non-hydrogen) atoms. The first kappa shape index (κ1) is 24.9. The van der Waals surface area contributed by atoms with Gasteiger partial charge in [-0.3, -0.25) is 4.79 Å². The third-order valence-electron chi connectivity index (χ3n) is 6.51. The van der Waals surface area contributed by atoms with Crippen molar-refractivity contribution >= 4 is 5.97 Å². The largest absolute Gasteiger partial charge is 0.481 e. The van der Waals surface area contributed by atoms with Crippen molar-refractivity contribution in [3.05, 3.63) is 23.5 Å². The summed E-state index contributed by atoms with van der Waals surface area (Å²) in [5.74, 6) is 0.193. The molecule has 5 heteroatoms. The van der Waals surface area contributed by atoms with E-state index in [2.05, 4.69) is 13.0 Å². The molecule has 0 bridgehead atoms. The van der Waals surface area contributed by atoms with E-state index in [1.165, 1.54) is 19.3 Å². The van der Waals surface area contributed by atoms with Gasteiger partial charge < -0.3 is 19.7 Å². The van der Waals surface area contributed by atoms with Crippen molar-refractivity contribution in [2.24, 2.45) is 5.92 Å². The lowest BCUT2D eigenvalue weighted by molar-refractivity contribution is -0.141. The highest BCUT2D eigenvalue weighted by Gasteiger charge is 2.42. The topological polar surface area (TPSA) is 76.0 Å². The van der Waals surface area contributed by atoms with E-state index < -0.39 is 11.6 Å². The highest BCUT2D eigenvalue weighted by molar-refractivity contribution is 5.66. The molecule has 0 aromatic heterocycles. The van der Waals surface area contributed by atoms with Gasteiger partial charge in [-0.15, -0.1) is 0 Å². The smallest absolute Gasteiger partial charge is 0.303 e. The summed E-state index contributed by atoms with van der Waals surface area (Å²) in [6.07, 6.45) is 16.7. The standard InChI is InChI=1S/C25H42O5/c1-3-5-6-7-14-22(30-24-16-8-9-18-29-24)19-21-13-11-17-25(21,28)20(4-2)12-10-15-23(26)27/h4,19,21,24,28H,3,5-18H2,1-2H3,(H,26,27). The quantitative estimate of drug-likeness (QED) is 0.212. The van der Waals surface area contributed by atoms with Gasteiger partial charge in [-0.1, -0.05) is 32.3 Å². The summed E-state index contributed by atoms with van der Waals surface area (Å²) in [6.45, 7) is 4.92. The van der Waals surface area contributed by atoms with Crippen molar-refractivity contribution in [2.75, 3.05) is 6.61 Å². The third kappa shape index (κ3) is 7.73. The van der Waals surface area contributed by atoms with E-state index in [1.807, 2.05) is 13.0 Å². The number of allylic oxidation sites excluding steroid dienone is 2. The zero-order valence-electron chi connectivity index (χ0n) is 19.0. The third-order valence-corrected chi connectivity index (χ3v) is 6.51. The molecule has 2 N–H and O–H groups in total. The van der Waals surface area contributed by atoms with Crippen LogP contribution < -0.4 is 0 Å². The number of ether oxygens (including phenoxy) is 2. The molecule has 0 radical (unpaired) electrons. The van der Waals surface area contributed by atoms with Gasteiger partial charge in [-0.05, 0) is 69.9 Å². The number of rotatable bonds is 13. The van der Waals surface area contributed by atoms with E-state index in [0.717, 1.165) is 69.3 Å². The van der Waals surface area contributed by atoms with Gasteiger partial charge in [0.1, 0.15) is 0 Å². The SMILES string of the molecule is CC=C(CCCC(=O)O)C1(O)CCCC1C=C(CCCCCC)OC1CCCCO1. The van der Waals surface area contributed by atoms with Crippen molar-refractivity contribution in [3.63, 3.8) is 0 Å². The molecule has 0 aromatic rings.